The van der Waals surface area contributed by atoms with Gasteiger partial charge in [0.2, 0.25) is 0 Å². The Balaban J connectivity index is 1.79. The minimum Gasteiger partial charge on any atom is -0.304 e. The van der Waals surface area contributed by atoms with Crippen molar-refractivity contribution >= 4 is 12.0 Å². The smallest absolute Gasteiger partial charge is 0.118 e. The molecule has 0 unspecified atom stereocenters. The Morgan fingerprint density at radius 1 is 1.21 bits per heavy atom. The van der Waals surface area contributed by atoms with Crippen molar-refractivity contribution in [2.45, 2.75) is 11.6 Å². The maximum atomic E-state index is 5.41. The summed E-state index contributed by atoms with van der Waals surface area (Å²) in [4.78, 5) is 0. The summed E-state index contributed by atoms with van der Waals surface area (Å²) >= 11 is 1.30. The molecule has 0 radical (unpaired) electrons. The third-order valence-corrected chi connectivity index (χ3v) is 2.33. The number of rotatable bonds is 4. The molecule has 14 heavy (non-hydrogen) atoms. The van der Waals surface area contributed by atoms with Crippen molar-refractivity contribution < 1.29 is 4.18 Å². The van der Waals surface area contributed by atoms with Crippen molar-refractivity contribution in [2.75, 3.05) is 0 Å². The van der Waals surface area contributed by atoms with E-state index >= 15 is 0 Å². The lowest BCUT2D eigenvalue weighted by molar-refractivity contribution is 0.363. The Bertz CT molecular complexity index is 361. The molecule has 1 aromatic heterocycles. The molecule has 0 fully saturated rings. The van der Waals surface area contributed by atoms with Crippen molar-refractivity contribution in [3.05, 3.63) is 48.2 Å². The van der Waals surface area contributed by atoms with Gasteiger partial charge in [-0.1, -0.05) is 30.3 Å². The molecule has 0 bridgehead atoms. The molecule has 0 aliphatic rings. The number of hydrogen-bond donors (Lipinski definition) is 1. The van der Waals surface area contributed by atoms with Crippen LogP contribution in [0, 0.1) is 0 Å². The summed E-state index contributed by atoms with van der Waals surface area (Å²) in [7, 11) is 0. The summed E-state index contributed by atoms with van der Waals surface area (Å²) in [5.41, 5.74) is 1.17. The van der Waals surface area contributed by atoms with Gasteiger partial charge in [-0.15, -0.1) is 0 Å². The zero-order valence-electron chi connectivity index (χ0n) is 7.51. The molecule has 2 aromatic rings. The van der Waals surface area contributed by atoms with Crippen LogP contribution in [0.4, 0.5) is 0 Å². The summed E-state index contributed by atoms with van der Waals surface area (Å²) in [6, 6.07) is 11.9. The Morgan fingerprint density at radius 2 is 2.07 bits per heavy atom. The largest absolute Gasteiger partial charge is 0.304 e. The van der Waals surface area contributed by atoms with Gasteiger partial charge in [0.15, 0.2) is 0 Å². The summed E-state index contributed by atoms with van der Waals surface area (Å²) in [5.74, 6) is 0. The number of hydrogen-bond acceptors (Lipinski definition) is 3. The zero-order chi connectivity index (χ0) is 9.64. The fraction of sp³-hybridized carbons (Fsp3) is 0.100. The van der Waals surface area contributed by atoms with Crippen molar-refractivity contribution in [1.82, 2.24) is 10.2 Å². The second-order valence-electron chi connectivity index (χ2n) is 2.75. The quantitative estimate of drug-likeness (QED) is 0.781. The Morgan fingerprint density at radius 3 is 2.79 bits per heavy atom. The molecule has 0 atom stereocenters. The maximum absolute atomic E-state index is 5.41. The van der Waals surface area contributed by atoms with Crippen LogP contribution in [0.2, 0.25) is 0 Å². The first kappa shape index (κ1) is 9.30. The van der Waals surface area contributed by atoms with E-state index in [4.69, 9.17) is 4.18 Å². The lowest BCUT2D eigenvalue weighted by Gasteiger charge is -2.00. The number of nitrogens with one attached hydrogen (secondary N) is 1. The van der Waals surface area contributed by atoms with Gasteiger partial charge in [-0.05, 0) is 11.6 Å². The molecule has 3 nitrogen and oxygen atoms in total. The third-order valence-electron chi connectivity index (χ3n) is 1.69. The lowest BCUT2D eigenvalue weighted by Crippen LogP contribution is -1.84. The van der Waals surface area contributed by atoms with Gasteiger partial charge in [0.1, 0.15) is 5.03 Å². The number of benzene rings is 1. The van der Waals surface area contributed by atoms with Crippen LogP contribution in [0.15, 0.2) is 47.6 Å². The monoisotopic (exact) mass is 206 g/mol. The summed E-state index contributed by atoms with van der Waals surface area (Å²) in [6.07, 6.45) is 1.70. The number of H-pyrrole nitrogens is 1. The highest BCUT2D eigenvalue weighted by molar-refractivity contribution is 7.94. The molecule has 0 saturated carbocycles. The minimum absolute atomic E-state index is 0.602. The van der Waals surface area contributed by atoms with Gasteiger partial charge >= 0.3 is 0 Å². The molecular formula is C10H10N2OS. The standard InChI is InChI=1S/C10H10N2OS/c1-2-4-9(5-3-1)8-13-14-10-6-7-11-12-10/h1-7H,8H2,(H,11,12). The molecule has 0 aliphatic carbocycles. The van der Waals surface area contributed by atoms with Crippen molar-refractivity contribution in [3.8, 4) is 0 Å². The van der Waals surface area contributed by atoms with E-state index in [1.807, 2.05) is 36.4 Å². The SMILES string of the molecule is c1ccc(COSc2ccn[nH]2)cc1. The van der Waals surface area contributed by atoms with E-state index < -0.39 is 0 Å². The van der Waals surface area contributed by atoms with Crippen LogP contribution in [-0.2, 0) is 10.8 Å². The van der Waals surface area contributed by atoms with E-state index in [0.29, 0.717) is 6.61 Å². The van der Waals surface area contributed by atoms with Crippen LogP contribution in [-0.4, -0.2) is 10.2 Å². The van der Waals surface area contributed by atoms with E-state index in [1.165, 1.54) is 17.6 Å². The van der Waals surface area contributed by atoms with Crippen LogP contribution >= 0.6 is 12.0 Å². The van der Waals surface area contributed by atoms with Crippen molar-refractivity contribution in [3.63, 3.8) is 0 Å². The molecule has 0 saturated heterocycles. The molecule has 1 N–H and O–H groups in total. The van der Waals surface area contributed by atoms with Gasteiger partial charge in [0.05, 0.1) is 6.61 Å². The lowest BCUT2D eigenvalue weighted by atomic mass is 10.2. The second-order valence-corrected chi connectivity index (χ2v) is 3.59. The van der Waals surface area contributed by atoms with Crippen LogP contribution in [0.5, 0.6) is 0 Å². The van der Waals surface area contributed by atoms with Gasteiger partial charge in [0.25, 0.3) is 0 Å². The van der Waals surface area contributed by atoms with E-state index in [0.717, 1.165) is 5.03 Å². The van der Waals surface area contributed by atoms with Gasteiger partial charge in [-0.3, -0.25) is 5.10 Å². The third kappa shape index (κ3) is 2.61. The fourth-order valence-corrected chi connectivity index (χ4v) is 1.55. The van der Waals surface area contributed by atoms with Gasteiger partial charge in [-0.2, -0.15) is 5.10 Å². The first-order valence-electron chi connectivity index (χ1n) is 4.28. The molecule has 0 amide bonds. The number of aromatic nitrogens is 2. The molecule has 0 spiro atoms. The normalized spacial score (nSPS) is 10.3. The summed E-state index contributed by atoms with van der Waals surface area (Å²) in [5, 5.41) is 7.55. The van der Waals surface area contributed by atoms with E-state index in [9.17, 15) is 0 Å². The van der Waals surface area contributed by atoms with E-state index in [1.54, 1.807) is 6.20 Å². The highest BCUT2D eigenvalue weighted by Crippen LogP contribution is 2.17. The minimum atomic E-state index is 0.602. The molecule has 2 rings (SSSR count). The molecule has 72 valence electrons. The van der Waals surface area contributed by atoms with Gasteiger partial charge in [-0.25, -0.2) is 0 Å². The predicted molar refractivity (Wildman–Crippen MR) is 55.7 cm³/mol. The zero-order valence-corrected chi connectivity index (χ0v) is 8.33. The van der Waals surface area contributed by atoms with Crippen LogP contribution in [0.25, 0.3) is 0 Å². The summed E-state index contributed by atoms with van der Waals surface area (Å²) < 4.78 is 5.41. The van der Waals surface area contributed by atoms with Crippen molar-refractivity contribution in [1.29, 1.82) is 0 Å². The number of nitrogens with zero attached hydrogens (tertiary/aromatic N) is 1. The van der Waals surface area contributed by atoms with Crippen molar-refractivity contribution in [2.24, 2.45) is 0 Å². The van der Waals surface area contributed by atoms with E-state index in [2.05, 4.69) is 10.2 Å². The van der Waals surface area contributed by atoms with Crippen LogP contribution in [0.1, 0.15) is 5.56 Å². The molecule has 0 aliphatic heterocycles. The molecule has 4 heteroatoms. The average Bonchev–Trinajstić information content (AvgIpc) is 2.72. The highest BCUT2D eigenvalue weighted by atomic mass is 32.2. The molecular weight excluding hydrogens is 196 g/mol. The number of aromatic amines is 1. The average molecular weight is 206 g/mol. The van der Waals surface area contributed by atoms with Gasteiger partial charge < -0.3 is 4.18 Å². The van der Waals surface area contributed by atoms with Gasteiger partial charge in [0, 0.05) is 18.2 Å². The Labute approximate surface area is 86.7 Å². The molecule has 1 heterocycles. The Hall–Kier alpha value is -1.26. The summed E-state index contributed by atoms with van der Waals surface area (Å²) in [6.45, 7) is 0.602. The first-order valence-corrected chi connectivity index (χ1v) is 5.02. The van der Waals surface area contributed by atoms with E-state index in [-0.39, 0.29) is 0 Å². The molecule has 1 aromatic carbocycles. The topological polar surface area (TPSA) is 37.9 Å². The predicted octanol–water partition coefficient (Wildman–Crippen LogP) is 2.63. The Kier molecular flexibility index (Phi) is 3.21. The second kappa shape index (κ2) is 4.83. The maximum Gasteiger partial charge on any atom is 0.118 e. The highest BCUT2D eigenvalue weighted by Gasteiger charge is 1.96. The van der Waals surface area contributed by atoms with Crippen LogP contribution < -0.4 is 0 Å². The first-order chi connectivity index (χ1) is 6.95. The fourth-order valence-electron chi connectivity index (χ4n) is 1.02. The van der Waals surface area contributed by atoms with Crippen LogP contribution in [0.3, 0.4) is 0 Å².